The van der Waals surface area contributed by atoms with Crippen molar-refractivity contribution in [2.24, 2.45) is 11.8 Å². The SMILES string of the molecule is CC(C)CCN1CCC[C@H](C)C1. The minimum atomic E-state index is 0.863. The van der Waals surface area contributed by atoms with E-state index < -0.39 is 0 Å². The largest absolute Gasteiger partial charge is 0.303 e. The molecule has 0 aromatic carbocycles. The van der Waals surface area contributed by atoms with Crippen LogP contribution in [0.15, 0.2) is 0 Å². The summed E-state index contributed by atoms with van der Waals surface area (Å²) in [6.45, 7) is 11.0. The summed E-state index contributed by atoms with van der Waals surface area (Å²) in [5, 5.41) is 0. The van der Waals surface area contributed by atoms with E-state index in [0.29, 0.717) is 0 Å². The molecule has 0 saturated carbocycles. The Kier molecular flexibility index (Phi) is 4.07. The molecule has 0 aromatic rings. The van der Waals surface area contributed by atoms with Crippen molar-refractivity contribution in [3.05, 3.63) is 0 Å². The molecule has 72 valence electrons. The first kappa shape index (κ1) is 10.0. The Hall–Kier alpha value is -0.0400. The van der Waals surface area contributed by atoms with Crippen LogP contribution in [0, 0.1) is 11.8 Å². The Labute approximate surface area is 77.1 Å². The third kappa shape index (κ3) is 3.57. The fourth-order valence-electron chi connectivity index (χ4n) is 1.93. The first-order chi connectivity index (χ1) is 5.68. The van der Waals surface area contributed by atoms with Gasteiger partial charge in [-0.15, -0.1) is 0 Å². The number of rotatable bonds is 3. The summed E-state index contributed by atoms with van der Waals surface area (Å²) < 4.78 is 0. The summed E-state index contributed by atoms with van der Waals surface area (Å²) in [4.78, 5) is 2.63. The van der Waals surface area contributed by atoms with Gasteiger partial charge in [0.2, 0.25) is 0 Å². The fourth-order valence-corrected chi connectivity index (χ4v) is 1.93. The minimum Gasteiger partial charge on any atom is -0.303 e. The van der Waals surface area contributed by atoms with Crippen LogP contribution in [0.4, 0.5) is 0 Å². The topological polar surface area (TPSA) is 3.24 Å². The summed E-state index contributed by atoms with van der Waals surface area (Å²) in [6, 6.07) is 0. The molecule has 0 spiro atoms. The highest BCUT2D eigenvalue weighted by Gasteiger charge is 2.15. The van der Waals surface area contributed by atoms with Crippen LogP contribution < -0.4 is 0 Å². The maximum absolute atomic E-state index is 2.63. The third-order valence-electron chi connectivity index (χ3n) is 2.76. The molecule has 1 fully saturated rings. The van der Waals surface area contributed by atoms with Crippen molar-refractivity contribution in [3.63, 3.8) is 0 Å². The van der Waals surface area contributed by atoms with E-state index in [2.05, 4.69) is 25.7 Å². The summed E-state index contributed by atoms with van der Waals surface area (Å²) in [7, 11) is 0. The van der Waals surface area contributed by atoms with Gasteiger partial charge in [0.1, 0.15) is 0 Å². The quantitative estimate of drug-likeness (QED) is 0.628. The second-order valence-electron chi connectivity index (χ2n) is 4.73. The number of piperidine rings is 1. The van der Waals surface area contributed by atoms with Gasteiger partial charge in [0.15, 0.2) is 0 Å². The number of likely N-dealkylation sites (tertiary alicyclic amines) is 1. The monoisotopic (exact) mass is 169 g/mol. The minimum absolute atomic E-state index is 0.863. The first-order valence-corrected chi connectivity index (χ1v) is 5.41. The highest BCUT2D eigenvalue weighted by Crippen LogP contribution is 2.16. The van der Waals surface area contributed by atoms with Crippen molar-refractivity contribution in [1.29, 1.82) is 0 Å². The molecule has 0 N–H and O–H groups in total. The van der Waals surface area contributed by atoms with Gasteiger partial charge in [-0.05, 0) is 44.2 Å². The van der Waals surface area contributed by atoms with E-state index in [1.54, 1.807) is 0 Å². The summed E-state index contributed by atoms with van der Waals surface area (Å²) in [5.74, 6) is 1.80. The number of hydrogen-bond donors (Lipinski definition) is 0. The molecule has 0 aliphatic carbocycles. The lowest BCUT2D eigenvalue weighted by Gasteiger charge is -2.31. The van der Waals surface area contributed by atoms with Crippen LogP contribution in [0.5, 0.6) is 0 Å². The average Bonchev–Trinajstić information content (AvgIpc) is 2.01. The lowest BCUT2D eigenvalue weighted by molar-refractivity contribution is 0.176. The molecule has 12 heavy (non-hydrogen) atoms. The van der Waals surface area contributed by atoms with E-state index >= 15 is 0 Å². The second kappa shape index (κ2) is 4.86. The van der Waals surface area contributed by atoms with Gasteiger partial charge < -0.3 is 4.90 Å². The number of nitrogens with zero attached hydrogens (tertiary/aromatic N) is 1. The standard InChI is InChI=1S/C11H23N/c1-10(2)6-8-12-7-4-5-11(3)9-12/h10-11H,4-9H2,1-3H3/t11-/m0/s1. The molecule has 1 nitrogen and oxygen atoms in total. The zero-order chi connectivity index (χ0) is 8.97. The van der Waals surface area contributed by atoms with Crippen LogP contribution >= 0.6 is 0 Å². The molecule has 1 rings (SSSR count). The van der Waals surface area contributed by atoms with Crippen LogP contribution in [-0.4, -0.2) is 24.5 Å². The fraction of sp³-hybridized carbons (Fsp3) is 1.00. The normalized spacial score (nSPS) is 26.5. The van der Waals surface area contributed by atoms with E-state index in [0.717, 1.165) is 11.8 Å². The first-order valence-electron chi connectivity index (χ1n) is 5.41. The lowest BCUT2D eigenvalue weighted by atomic mass is 9.99. The van der Waals surface area contributed by atoms with Gasteiger partial charge >= 0.3 is 0 Å². The van der Waals surface area contributed by atoms with Crippen molar-refractivity contribution in [3.8, 4) is 0 Å². The summed E-state index contributed by atoms with van der Waals surface area (Å²) in [6.07, 6.45) is 4.23. The van der Waals surface area contributed by atoms with E-state index in [-0.39, 0.29) is 0 Å². The van der Waals surface area contributed by atoms with Gasteiger partial charge in [0.25, 0.3) is 0 Å². The van der Waals surface area contributed by atoms with Crippen molar-refractivity contribution in [1.82, 2.24) is 4.90 Å². The van der Waals surface area contributed by atoms with Crippen molar-refractivity contribution < 1.29 is 0 Å². The number of hydrogen-bond acceptors (Lipinski definition) is 1. The van der Waals surface area contributed by atoms with Crippen LogP contribution in [0.2, 0.25) is 0 Å². The van der Waals surface area contributed by atoms with Gasteiger partial charge in [-0.2, -0.15) is 0 Å². The molecule has 1 saturated heterocycles. The van der Waals surface area contributed by atoms with E-state index in [4.69, 9.17) is 0 Å². The van der Waals surface area contributed by atoms with E-state index in [9.17, 15) is 0 Å². The molecule has 0 unspecified atom stereocenters. The smallest absolute Gasteiger partial charge is 0.000703 e. The molecule has 0 bridgehead atoms. The molecular formula is C11H23N. The Balaban J connectivity index is 2.14. The van der Waals surface area contributed by atoms with Crippen LogP contribution in [0.3, 0.4) is 0 Å². The van der Waals surface area contributed by atoms with Crippen molar-refractivity contribution in [2.75, 3.05) is 19.6 Å². The molecule has 1 heterocycles. The highest BCUT2D eigenvalue weighted by atomic mass is 15.1. The molecule has 1 aliphatic rings. The Morgan fingerprint density at radius 2 is 2.17 bits per heavy atom. The lowest BCUT2D eigenvalue weighted by Crippen LogP contribution is -2.35. The molecular weight excluding hydrogens is 146 g/mol. The average molecular weight is 169 g/mol. The molecule has 1 heteroatoms. The predicted octanol–water partition coefficient (Wildman–Crippen LogP) is 2.76. The van der Waals surface area contributed by atoms with Gasteiger partial charge in [0.05, 0.1) is 0 Å². The van der Waals surface area contributed by atoms with Crippen molar-refractivity contribution in [2.45, 2.75) is 40.0 Å². The van der Waals surface area contributed by atoms with Gasteiger partial charge in [-0.3, -0.25) is 0 Å². The summed E-state index contributed by atoms with van der Waals surface area (Å²) >= 11 is 0. The van der Waals surface area contributed by atoms with Gasteiger partial charge in [-0.25, -0.2) is 0 Å². The predicted molar refractivity (Wildman–Crippen MR) is 54.3 cm³/mol. The van der Waals surface area contributed by atoms with Crippen LogP contribution in [0.1, 0.15) is 40.0 Å². The molecule has 0 radical (unpaired) electrons. The zero-order valence-electron chi connectivity index (χ0n) is 8.84. The summed E-state index contributed by atoms with van der Waals surface area (Å²) in [5.41, 5.74) is 0. The second-order valence-corrected chi connectivity index (χ2v) is 4.73. The highest BCUT2D eigenvalue weighted by molar-refractivity contribution is 4.69. The molecule has 1 atom stereocenters. The molecule has 1 aliphatic heterocycles. The van der Waals surface area contributed by atoms with E-state index in [1.807, 2.05) is 0 Å². The van der Waals surface area contributed by atoms with Gasteiger partial charge in [0, 0.05) is 6.54 Å². The van der Waals surface area contributed by atoms with Gasteiger partial charge in [-0.1, -0.05) is 20.8 Å². The third-order valence-corrected chi connectivity index (χ3v) is 2.76. The Bertz CT molecular complexity index is 120. The van der Waals surface area contributed by atoms with E-state index in [1.165, 1.54) is 38.9 Å². The zero-order valence-corrected chi connectivity index (χ0v) is 8.84. The Morgan fingerprint density at radius 1 is 1.42 bits per heavy atom. The van der Waals surface area contributed by atoms with Crippen LogP contribution in [0.25, 0.3) is 0 Å². The van der Waals surface area contributed by atoms with Crippen molar-refractivity contribution >= 4 is 0 Å². The maximum atomic E-state index is 2.63. The molecule has 0 amide bonds. The Morgan fingerprint density at radius 3 is 2.75 bits per heavy atom. The molecule has 0 aromatic heterocycles. The van der Waals surface area contributed by atoms with Crippen LogP contribution in [-0.2, 0) is 0 Å². The maximum Gasteiger partial charge on any atom is 0.000703 e.